The summed E-state index contributed by atoms with van der Waals surface area (Å²) in [6.07, 6.45) is -0.0532. The molecule has 2 heterocycles. The third-order valence-corrected chi connectivity index (χ3v) is 4.83. The minimum atomic E-state index is -0.746. The predicted molar refractivity (Wildman–Crippen MR) is 103 cm³/mol. The molecule has 0 saturated heterocycles. The highest BCUT2D eigenvalue weighted by atomic mass is 35.5. The first-order chi connectivity index (χ1) is 13.0. The highest BCUT2D eigenvalue weighted by molar-refractivity contribution is 6.31. The average molecular weight is 382 g/mol. The summed E-state index contributed by atoms with van der Waals surface area (Å²) in [5.74, 6) is 0.241. The number of hydrogen-bond acceptors (Lipinski definition) is 4. The zero-order valence-corrected chi connectivity index (χ0v) is 15.2. The van der Waals surface area contributed by atoms with Crippen molar-refractivity contribution in [1.82, 2.24) is 14.8 Å². The van der Waals surface area contributed by atoms with Crippen LogP contribution in [0.4, 0.5) is 11.6 Å². The molecule has 0 aliphatic carbocycles. The molecule has 0 bridgehead atoms. The number of fused-ring (bicyclic) bond motifs is 1. The molecular weight excluding hydrogens is 366 g/mol. The molecule has 0 radical (unpaired) electrons. The predicted octanol–water partition coefficient (Wildman–Crippen LogP) is 3.43. The van der Waals surface area contributed by atoms with Gasteiger partial charge in [-0.15, -0.1) is 5.10 Å². The lowest BCUT2D eigenvalue weighted by atomic mass is 10.1. The van der Waals surface area contributed by atoms with Crippen molar-refractivity contribution in [2.45, 2.75) is 19.4 Å². The number of halogens is 1. The van der Waals surface area contributed by atoms with Gasteiger partial charge < -0.3 is 5.32 Å². The molecule has 1 aliphatic rings. The second-order valence-electron chi connectivity index (χ2n) is 6.24. The topological polar surface area (TPSA) is 88.9 Å². The van der Waals surface area contributed by atoms with E-state index in [9.17, 15) is 9.59 Å². The van der Waals surface area contributed by atoms with Crippen molar-refractivity contribution in [1.29, 1.82) is 0 Å². The largest absolute Gasteiger partial charge is 0.326 e. The summed E-state index contributed by atoms with van der Waals surface area (Å²) < 4.78 is 1.47. The molecule has 27 heavy (non-hydrogen) atoms. The summed E-state index contributed by atoms with van der Waals surface area (Å²) in [6, 6.07) is 14.0. The lowest BCUT2D eigenvalue weighted by molar-refractivity contribution is -0.123. The maximum atomic E-state index is 12.5. The van der Waals surface area contributed by atoms with Crippen LogP contribution in [-0.2, 0) is 9.59 Å². The van der Waals surface area contributed by atoms with Crippen LogP contribution in [0.25, 0.3) is 11.4 Å². The van der Waals surface area contributed by atoms with Crippen molar-refractivity contribution in [2.75, 3.05) is 10.6 Å². The number of carbonyl (C=O) groups excluding carboxylic acids is 2. The van der Waals surface area contributed by atoms with E-state index >= 15 is 0 Å². The molecule has 0 saturated carbocycles. The minimum absolute atomic E-state index is 0.0532. The number of rotatable bonds is 4. The number of amides is 2. The molecule has 4 rings (SSSR count). The van der Waals surface area contributed by atoms with Gasteiger partial charge in [0.1, 0.15) is 6.04 Å². The van der Waals surface area contributed by atoms with E-state index in [0.29, 0.717) is 22.5 Å². The Bertz CT molecular complexity index is 1030. The van der Waals surface area contributed by atoms with Crippen LogP contribution in [0.5, 0.6) is 0 Å². The molecule has 2 aromatic carbocycles. The zero-order valence-electron chi connectivity index (χ0n) is 14.4. The van der Waals surface area contributed by atoms with E-state index in [0.717, 1.165) is 11.1 Å². The number of anilines is 2. The molecule has 1 aromatic heterocycles. The maximum absolute atomic E-state index is 12.5. The van der Waals surface area contributed by atoms with E-state index in [4.69, 9.17) is 11.6 Å². The molecule has 0 spiro atoms. The quantitative estimate of drug-likeness (QED) is 0.724. The Balaban J connectivity index is 1.53. The Hall–Kier alpha value is -3.19. The van der Waals surface area contributed by atoms with Gasteiger partial charge in [-0.2, -0.15) is 4.98 Å². The maximum Gasteiger partial charge on any atom is 0.252 e. The molecule has 2 amide bonds. The summed E-state index contributed by atoms with van der Waals surface area (Å²) in [6.45, 7) is 1.82. The first kappa shape index (κ1) is 17.2. The Morgan fingerprint density at radius 1 is 1.22 bits per heavy atom. The molecule has 7 nitrogen and oxygen atoms in total. The van der Waals surface area contributed by atoms with Crippen LogP contribution in [0.1, 0.15) is 18.0 Å². The minimum Gasteiger partial charge on any atom is -0.326 e. The van der Waals surface area contributed by atoms with Crippen molar-refractivity contribution < 1.29 is 9.59 Å². The smallest absolute Gasteiger partial charge is 0.252 e. The van der Waals surface area contributed by atoms with Crippen LogP contribution in [0.15, 0.2) is 48.5 Å². The van der Waals surface area contributed by atoms with E-state index in [1.54, 1.807) is 18.2 Å². The fourth-order valence-electron chi connectivity index (χ4n) is 2.94. The normalized spacial score (nSPS) is 15.3. The molecule has 136 valence electrons. The van der Waals surface area contributed by atoms with Crippen LogP contribution in [0.2, 0.25) is 5.02 Å². The lowest BCUT2D eigenvalue weighted by Gasteiger charge is -2.12. The van der Waals surface area contributed by atoms with E-state index in [1.807, 2.05) is 37.3 Å². The van der Waals surface area contributed by atoms with Crippen LogP contribution in [0, 0.1) is 6.92 Å². The van der Waals surface area contributed by atoms with Crippen LogP contribution in [0.3, 0.4) is 0 Å². The van der Waals surface area contributed by atoms with Gasteiger partial charge in [-0.05, 0) is 24.6 Å². The third kappa shape index (κ3) is 3.29. The number of aromatic nitrogens is 3. The van der Waals surface area contributed by atoms with E-state index < -0.39 is 6.04 Å². The SMILES string of the molecule is Cc1c(Cl)cccc1NC(=O)CC1C(=O)Nc2nc(-c3ccccc3)nn21. The Labute approximate surface area is 160 Å². The van der Waals surface area contributed by atoms with Gasteiger partial charge in [-0.1, -0.05) is 48.0 Å². The molecule has 0 fully saturated rings. The summed E-state index contributed by atoms with van der Waals surface area (Å²) in [4.78, 5) is 29.1. The summed E-state index contributed by atoms with van der Waals surface area (Å²) >= 11 is 6.08. The Morgan fingerprint density at radius 2 is 2.00 bits per heavy atom. The number of hydrogen-bond donors (Lipinski definition) is 2. The molecule has 2 N–H and O–H groups in total. The molecule has 1 atom stereocenters. The Morgan fingerprint density at radius 3 is 2.78 bits per heavy atom. The van der Waals surface area contributed by atoms with Gasteiger partial charge in [0.15, 0.2) is 5.82 Å². The van der Waals surface area contributed by atoms with Gasteiger partial charge in [0, 0.05) is 16.3 Å². The second-order valence-corrected chi connectivity index (χ2v) is 6.65. The highest BCUT2D eigenvalue weighted by Crippen LogP contribution is 2.29. The van der Waals surface area contributed by atoms with Gasteiger partial charge in [0.25, 0.3) is 5.91 Å². The van der Waals surface area contributed by atoms with Crippen LogP contribution < -0.4 is 10.6 Å². The van der Waals surface area contributed by atoms with Crippen molar-refractivity contribution in [3.05, 3.63) is 59.1 Å². The number of nitrogens with zero attached hydrogens (tertiary/aromatic N) is 3. The average Bonchev–Trinajstić information content (AvgIpc) is 3.19. The number of benzene rings is 2. The van der Waals surface area contributed by atoms with Crippen molar-refractivity contribution in [3.8, 4) is 11.4 Å². The first-order valence-electron chi connectivity index (χ1n) is 8.41. The monoisotopic (exact) mass is 381 g/mol. The van der Waals surface area contributed by atoms with E-state index in [-0.39, 0.29) is 18.2 Å². The fourth-order valence-corrected chi connectivity index (χ4v) is 3.11. The van der Waals surface area contributed by atoms with Gasteiger partial charge in [0.05, 0.1) is 6.42 Å². The van der Waals surface area contributed by atoms with Crippen molar-refractivity contribution in [3.63, 3.8) is 0 Å². The van der Waals surface area contributed by atoms with Crippen LogP contribution >= 0.6 is 11.6 Å². The highest BCUT2D eigenvalue weighted by Gasteiger charge is 2.35. The molecular formula is C19H16ClN5O2. The van der Waals surface area contributed by atoms with E-state index in [2.05, 4.69) is 20.7 Å². The molecule has 1 unspecified atom stereocenters. The number of nitrogens with one attached hydrogen (secondary N) is 2. The van der Waals surface area contributed by atoms with E-state index in [1.165, 1.54) is 4.68 Å². The summed E-state index contributed by atoms with van der Waals surface area (Å²) in [5, 5.41) is 10.5. The first-order valence-corrected chi connectivity index (χ1v) is 8.78. The zero-order chi connectivity index (χ0) is 19.0. The van der Waals surface area contributed by atoms with Gasteiger partial charge in [-0.25, -0.2) is 4.68 Å². The fraction of sp³-hybridized carbons (Fsp3) is 0.158. The molecule has 8 heteroatoms. The standard InChI is InChI=1S/C19H16ClN5O2/c1-11-13(20)8-5-9-14(11)21-16(26)10-15-18(27)23-19-22-17(24-25(15)19)12-6-3-2-4-7-12/h2-9,15H,10H2,1H3,(H,21,26)(H,22,23,24,27). The summed E-state index contributed by atoms with van der Waals surface area (Å²) in [7, 11) is 0. The Kier molecular flexibility index (Phi) is 4.37. The van der Waals surface area contributed by atoms with Gasteiger partial charge in [-0.3, -0.25) is 14.9 Å². The van der Waals surface area contributed by atoms with Gasteiger partial charge >= 0.3 is 0 Å². The van der Waals surface area contributed by atoms with Gasteiger partial charge in [0.2, 0.25) is 11.9 Å². The van der Waals surface area contributed by atoms with Crippen molar-refractivity contribution >= 4 is 35.1 Å². The molecule has 1 aliphatic heterocycles. The second kappa shape index (κ2) is 6.85. The van der Waals surface area contributed by atoms with Crippen molar-refractivity contribution in [2.24, 2.45) is 0 Å². The van der Waals surface area contributed by atoms with Crippen LogP contribution in [-0.4, -0.2) is 26.6 Å². The number of carbonyl (C=O) groups is 2. The summed E-state index contributed by atoms with van der Waals surface area (Å²) in [5.41, 5.74) is 2.23. The molecule has 3 aromatic rings. The lowest BCUT2D eigenvalue weighted by Crippen LogP contribution is -2.24. The third-order valence-electron chi connectivity index (χ3n) is 4.42.